The van der Waals surface area contributed by atoms with Crippen molar-refractivity contribution in [1.82, 2.24) is 9.78 Å². The maximum absolute atomic E-state index is 11.6. The Labute approximate surface area is 110 Å². The minimum Gasteiger partial charge on any atom is -0.479 e. The van der Waals surface area contributed by atoms with Gasteiger partial charge in [-0.2, -0.15) is 5.10 Å². The molecule has 3 N–H and O–H groups in total. The van der Waals surface area contributed by atoms with Gasteiger partial charge in [0, 0.05) is 12.6 Å². The molecule has 98 valence electrons. The van der Waals surface area contributed by atoms with E-state index in [0.29, 0.717) is 17.3 Å². The minimum atomic E-state index is -0.471. The molecular formula is C13H14N4O2. The van der Waals surface area contributed by atoms with Crippen LogP contribution in [0.5, 0.6) is 5.75 Å². The Morgan fingerprint density at radius 1 is 1.47 bits per heavy atom. The van der Waals surface area contributed by atoms with Gasteiger partial charge in [0.05, 0.1) is 11.9 Å². The first-order valence-electron chi connectivity index (χ1n) is 5.95. The van der Waals surface area contributed by atoms with Crippen LogP contribution >= 0.6 is 0 Å². The number of nitrogens with one attached hydrogen (secondary N) is 1. The number of benzene rings is 1. The van der Waals surface area contributed by atoms with E-state index < -0.39 is 6.10 Å². The summed E-state index contributed by atoms with van der Waals surface area (Å²) in [6.45, 7) is 1.71. The number of nitrogens with two attached hydrogens (primary N) is 1. The van der Waals surface area contributed by atoms with E-state index in [-0.39, 0.29) is 5.91 Å². The number of carbonyl (C=O) groups is 1. The van der Waals surface area contributed by atoms with Crippen molar-refractivity contribution in [1.29, 1.82) is 0 Å². The number of ether oxygens (including phenoxy) is 1. The highest BCUT2D eigenvalue weighted by Crippen LogP contribution is 2.35. The summed E-state index contributed by atoms with van der Waals surface area (Å²) < 4.78 is 7.11. The molecule has 1 unspecified atom stereocenters. The summed E-state index contributed by atoms with van der Waals surface area (Å²) in [6.07, 6.45) is 1.23. The van der Waals surface area contributed by atoms with Crippen molar-refractivity contribution in [2.45, 2.75) is 13.0 Å². The number of carbonyl (C=O) groups excluding carboxylic acids is 1. The number of amides is 1. The highest BCUT2D eigenvalue weighted by molar-refractivity contribution is 5.98. The van der Waals surface area contributed by atoms with Gasteiger partial charge in [-0.3, -0.25) is 9.48 Å². The number of anilines is 2. The van der Waals surface area contributed by atoms with Crippen molar-refractivity contribution >= 4 is 17.4 Å². The van der Waals surface area contributed by atoms with E-state index in [2.05, 4.69) is 10.4 Å². The quantitative estimate of drug-likeness (QED) is 0.809. The second-order valence-electron chi connectivity index (χ2n) is 4.53. The van der Waals surface area contributed by atoms with E-state index >= 15 is 0 Å². The lowest BCUT2D eigenvalue weighted by Gasteiger charge is -2.23. The molecule has 1 aromatic heterocycles. The van der Waals surface area contributed by atoms with Crippen molar-refractivity contribution in [3.05, 3.63) is 24.4 Å². The Hall–Kier alpha value is -2.50. The molecule has 2 heterocycles. The zero-order chi connectivity index (χ0) is 13.6. The topological polar surface area (TPSA) is 82.2 Å². The van der Waals surface area contributed by atoms with Gasteiger partial charge in [-0.1, -0.05) is 6.07 Å². The third-order valence-electron chi connectivity index (χ3n) is 3.21. The van der Waals surface area contributed by atoms with E-state index in [1.165, 1.54) is 0 Å². The van der Waals surface area contributed by atoms with Gasteiger partial charge in [-0.05, 0) is 24.6 Å². The fourth-order valence-electron chi connectivity index (χ4n) is 2.05. The first-order chi connectivity index (χ1) is 9.06. The van der Waals surface area contributed by atoms with Crippen molar-refractivity contribution < 1.29 is 9.53 Å². The summed E-state index contributed by atoms with van der Waals surface area (Å²) in [5.74, 6) is 1.10. The molecule has 0 saturated carbocycles. The van der Waals surface area contributed by atoms with Gasteiger partial charge in [0.1, 0.15) is 11.6 Å². The SMILES string of the molecule is CC1Oc2ccc(-c3cnn(C)c3N)cc2NC1=O. The molecule has 19 heavy (non-hydrogen) atoms. The van der Waals surface area contributed by atoms with Crippen molar-refractivity contribution in [3.63, 3.8) is 0 Å². The number of hydrogen-bond acceptors (Lipinski definition) is 4. The lowest BCUT2D eigenvalue weighted by atomic mass is 10.1. The zero-order valence-corrected chi connectivity index (χ0v) is 10.7. The Balaban J connectivity index is 2.05. The van der Waals surface area contributed by atoms with Crippen LogP contribution < -0.4 is 15.8 Å². The second-order valence-corrected chi connectivity index (χ2v) is 4.53. The van der Waals surface area contributed by atoms with Gasteiger partial charge < -0.3 is 15.8 Å². The Morgan fingerprint density at radius 2 is 2.26 bits per heavy atom. The van der Waals surface area contributed by atoms with E-state index in [1.807, 2.05) is 18.2 Å². The van der Waals surface area contributed by atoms with Gasteiger partial charge >= 0.3 is 0 Å². The van der Waals surface area contributed by atoms with Crippen LogP contribution in [0.2, 0.25) is 0 Å². The Kier molecular flexibility index (Phi) is 2.45. The molecule has 2 aromatic rings. The molecule has 1 aliphatic heterocycles. The van der Waals surface area contributed by atoms with Gasteiger partial charge in [-0.15, -0.1) is 0 Å². The maximum Gasteiger partial charge on any atom is 0.265 e. The molecule has 6 heteroatoms. The zero-order valence-electron chi connectivity index (χ0n) is 10.7. The number of fused-ring (bicyclic) bond motifs is 1. The van der Waals surface area contributed by atoms with Crippen LogP contribution in [0.1, 0.15) is 6.92 Å². The summed E-state index contributed by atoms with van der Waals surface area (Å²) >= 11 is 0. The number of nitrogen functional groups attached to an aromatic ring is 1. The molecule has 0 saturated heterocycles. The summed E-state index contributed by atoms with van der Waals surface area (Å²) in [7, 11) is 1.78. The molecule has 6 nitrogen and oxygen atoms in total. The summed E-state index contributed by atoms with van der Waals surface area (Å²) in [6, 6.07) is 5.57. The number of nitrogens with zero attached hydrogens (tertiary/aromatic N) is 2. The summed E-state index contributed by atoms with van der Waals surface area (Å²) in [4.78, 5) is 11.6. The van der Waals surface area contributed by atoms with Gasteiger partial charge in [0.25, 0.3) is 5.91 Å². The molecule has 1 amide bonds. The van der Waals surface area contributed by atoms with Gasteiger partial charge in [0.2, 0.25) is 0 Å². The molecule has 1 aromatic carbocycles. The first-order valence-corrected chi connectivity index (χ1v) is 5.95. The molecule has 0 bridgehead atoms. The van der Waals surface area contributed by atoms with Crippen LogP contribution in [0.4, 0.5) is 11.5 Å². The summed E-state index contributed by atoms with van der Waals surface area (Å²) in [5, 5.41) is 6.92. The van der Waals surface area contributed by atoms with E-state index in [9.17, 15) is 4.79 Å². The first kappa shape index (κ1) is 11.6. The normalized spacial score (nSPS) is 17.6. The van der Waals surface area contributed by atoms with Crippen molar-refractivity contribution in [2.24, 2.45) is 7.05 Å². The van der Waals surface area contributed by atoms with Gasteiger partial charge in [-0.25, -0.2) is 0 Å². The Bertz CT molecular complexity index is 663. The van der Waals surface area contributed by atoms with E-state index in [0.717, 1.165) is 11.1 Å². The maximum atomic E-state index is 11.6. The highest BCUT2D eigenvalue weighted by Gasteiger charge is 2.24. The molecule has 0 radical (unpaired) electrons. The molecule has 1 atom stereocenters. The number of hydrogen-bond donors (Lipinski definition) is 2. The van der Waals surface area contributed by atoms with E-state index in [4.69, 9.17) is 10.5 Å². The molecule has 0 fully saturated rings. The molecule has 1 aliphatic rings. The molecule has 0 aliphatic carbocycles. The second kappa shape index (κ2) is 4.01. The summed E-state index contributed by atoms with van der Waals surface area (Å²) in [5.41, 5.74) is 8.32. The van der Waals surface area contributed by atoms with Crippen LogP contribution in [0.15, 0.2) is 24.4 Å². The fourth-order valence-corrected chi connectivity index (χ4v) is 2.05. The third-order valence-corrected chi connectivity index (χ3v) is 3.21. The largest absolute Gasteiger partial charge is 0.479 e. The molecule has 0 spiro atoms. The van der Waals surface area contributed by atoms with Crippen LogP contribution in [-0.2, 0) is 11.8 Å². The molecule has 3 rings (SSSR count). The van der Waals surface area contributed by atoms with Crippen molar-refractivity contribution in [2.75, 3.05) is 11.1 Å². The lowest BCUT2D eigenvalue weighted by molar-refractivity contribution is -0.122. The number of aryl methyl sites for hydroxylation is 1. The smallest absolute Gasteiger partial charge is 0.265 e. The van der Waals surface area contributed by atoms with Crippen LogP contribution in [-0.4, -0.2) is 21.8 Å². The monoisotopic (exact) mass is 258 g/mol. The van der Waals surface area contributed by atoms with Crippen LogP contribution in [0.3, 0.4) is 0 Å². The van der Waals surface area contributed by atoms with Crippen LogP contribution in [0.25, 0.3) is 11.1 Å². The van der Waals surface area contributed by atoms with Gasteiger partial charge in [0.15, 0.2) is 6.10 Å². The Morgan fingerprint density at radius 3 is 2.95 bits per heavy atom. The lowest BCUT2D eigenvalue weighted by Crippen LogP contribution is -2.34. The van der Waals surface area contributed by atoms with E-state index in [1.54, 1.807) is 24.9 Å². The average molecular weight is 258 g/mol. The van der Waals surface area contributed by atoms with Crippen molar-refractivity contribution in [3.8, 4) is 16.9 Å². The highest BCUT2D eigenvalue weighted by atomic mass is 16.5. The number of rotatable bonds is 1. The predicted molar refractivity (Wildman–Crippen MR) is 71.8 cm³/mol. The average Bonchev–Trinajstić information content (AvgIpc) is 2.71. The number of aromatic nitrogens is 2. The third kappa shape index (κ3) is 1.81. The standard InChI is InChI=1S/C13H14N4O2/c1-7-13(18)16-10-5-8(3-4-11(10)19-7)9-6-15-17(2)12(9)14/h3-7H,14H2,1-2H3,(H,16,18). The van der Waals surface area contributed by atoms with Crippen LogP contribution in [0, 0.1) is 0 Å². The molecular weight excluding hydrogens is 244 g/mol. The predicted octanol–water partition coefficient (Wildman–Crippen LogP) is 1.39. The fraction of sp³-hybridized carbons (Fsp3) is 0.231. The minimum absolute atomic E-state index is 0.149.